The largest absolute Gasteiger partial charge is 0.493 e. The van der Waals surface area contributed by atoms with Gasteiger partial charge >= 0.3 is 0 Å². The van der Waals surface area contributed by atoms with Crippen molar-refractivity contribution in [2.45, 2.75) is 39.0 Å². The second kappa shape index (κ2) is 10.2. The van der Waals surface area contributed by atoms with Crippen molar-refractivity contribution in [3.63, 3.8) is 0 Å². The number of carbonyl (C=O) groups excluding carboxylic acids is 1. The molecule has 6 nitrogen and oxygen atoms in total. The van der Waals surface area contributed by atoms with Crippen LogP contribution in [0.5, 0.6) is 5.75 Å². The Bertz CT molecular complexity index is 1200. The van der Waals surface area contributed by atoms with Crippen LogP contribution in [0, 0.1) is 13.8 Å². The van der Waals surface area contributed by atoms with Gasteiger partial charge < -0.3 is 13.7 Å². The standard InChI is InChI=1S/C24H25N3O3S2/c1-4-29-22-10-6-5-9-19(22)23-25-26-24(30-23)32-15-21(28)20-14-16(2)27(17(20)3)12-11-18-8-7-13-31-18/h5-10,13-14H,4,11-12,15H2,1-3H3. The number of aromatic nitrogens is 3. The van der Waals surface area contributed by atoms with E-state index in [1.165, 1.54) is 16.6 Å². The number of hydrogen-bond acceptors (Lipinski definition) is 7. The molecular weight excluding hydrogens is 442 g/mol. The fraction of sp³-hybridized carbons (Fsp3) is 0.292. The maximum atomic E-state index is 12.9. The summed E-state index contributed by atoms with van der Waals surface area (Å²) in [6, 6.07) is 13.7. The maximum Gasteiger partial charge on any atom is 0.277 e. The lowest BCUT2D eigenvalue weighted by Crippen LogP contribution is -2.08. The zero-order valence-corrected chi connectivity index (χ0v) is 20.0. The molecule has 32 heavy (non-hydrogen) atoms. The summed E-state index contributed by atoms with van der Waals surface area (Å²) in [6.07, 6.45) is 0.963. The van der Waals surface area contributed by atoms with Crippen LogP contribution in [0.25, 0.3) is 11.5 Å². The van der Waals surface area contributed by atoms with Crippen LogP contribution in [-0.4, -0.2) is 32.9 Å². The van der Waals surface area contributed by atoms with Gasteiger partial charge in [0.05, 0.1) is 17.9 Å². The number of thiophene rings is 1. The summed E-state index contributed by atoms with van der Waals surface area (Å²) in [6.45, 7) is 7.40. The average Bonchev–Trinajstić information content (AvgIpc) is 3.53. The Balaban J connectivity index is 1.41. The van der Waals surface area contributed by atoms with E-state index in [-0.39, 0.29) is 11.5 Å². The minimum absolute atomic E-state index is 0.0555. The third-order valence-corrected chi connectivity index (χ3v) is 6.94. The molecule has 0 spiro atoms. The highest BCUT2D eigenvalue weighted by molar-refractivity contribution is 7.99. The number of para-hydroxylation sites is 1. The van der Waals surface area contributed by atoms with Crippen LogP contribution in [0.4, 0.5) is 0 Å². The first kappa shape index (κ1) is 22.4. The maximum absolute atomic E-state index is 12.9. The summed E-state index contributed by atoms with van der Waals surface area (Å²) in [5.41, 5.74) is 3.60. The molecule has 0 amide bonds. The van der Waals surface area contributed by atoms with Gasteiger partial charge in [0.25, 0.3) is 11.1 Å². The molecule has 8 heteroatoms. The number of ether oxygens (including phenoxy) is 1. The topological polar surface area (TPSA) is 70.2 Å². The fourth-order valence-corrected chi connectivity index (χ4v) is 4.96. The lowest BCUT2D eigenvalue weighted by Gasteiger charge is -2.09. The van der Waals surface area contributed by atoms with Crippen LogP contribution in [-0.2, 0) is 13.0 Å². The molecule has 0 saturated heterocycles. The molecule has 0 fully saturated rings. The second-order valence-corrected chi connectivity index (χ2v) is 9.24. The molecule has 166 valence electrons. The molecule has 0 aliphatic rings. The minimum atomic E-state index is 0.0555. The van der Waals surface area contributed by atoms with Crippen molar-refractivity contribution in [1.29, 1.82) is 0 Å². The van der Waals surface area contributed by atoms with E-state index < -0.39 is 0 Å². The predicted molar refractivity (Wildman–Crippen MR) is 128 cm³/mol. The van der Waals surface area contributed by atoms with Gasteiger partial charge in [-0.1, -0.05) is 30.0 Å². The summed E-state index contributed by atoms with van der Waals surface area (Å²) in [7, 11) is 0. The van der Waals surface area contributed by atoms with Gasteiger partial charge in [-0.15, -0.1) is 21.5 Å². The molecule has 0 aliphatic carbocycles. The number of ketones is 1. The lowest BCUT2D eigenvalue weighted by molar-refractivity contribution is 0.102. The third kappa shape index (κ3) is 4.97. The fourth-order valence-electron chi connectivity index (χ4n) is 3.61. The average molecular weight is 468 g/mol. The van der Waals surface area contributed by atoms with Gasteiger partial charge in [0.2, 0.25) is 0 Å². The van der Waals surface area contributed by atoms with Crippen molar-refractivity contribution in [3.8, 4) is 17.2 Å². The molecule has 0 atom stereocenters. The van der Waals surface area contributed by atoms with E-state index in [1.807, 2.05) is 51.1 Å². The van der Waals surface area contributed by atoms with Gasteiger partial charge in [-0.2, -0.15) is 0 Å². The Labute approximate surface area is 195 Å². The zero-order valence-electron chi connectivity index (χ0n) is 18.3. The number of thioether (sulfide) groups is 1. The van der Waals surface area contributed by atoms with Gasteiger partial charge in [-0.3, -0.25) is 4.79 Å². The zero-order chi connectivity index (χ0) is 22.5. The smallest absolute Gasteiger partial charge is 0.277 e. The molecule has 1 aromatic carbocycles. The van der Waals surface area contributed by atoms with Crippen molar-refractivity contribution in [2.75, 3.05) is 12.4 Å². The van der Waals surface area contributed by atoms with Crippen LogP contribution < -0.4 is 4.74 Å². The molecule has 0 saturated carbocycles. The normalized spacial score (nSPS) is 11.1. The Hall–Kier alpha value is -2.84. The van der Waals surface area contributed by atoms with Crippen LogP contribution in [0.3, 0.4) is 0 Å². The Kier molecular flexibility index (Phi) is 7.12. The van der Waals surface area contributed by atoms with Crippen molar-refractivity contribution in [2.24, 2.45) is 0 Å². The SMILES string of the molecule is CCOc1ccccc1-c1nnc(SCC(=O)c2cc(C)n(CCc3cccs3)c2C)o1. The summed E-state index contributed by atoms with van der Waals surface area (Å²) in [5.74, 6) is 1.38. The number of nitrogens with zero attached hydrogens (tertiary/aromatic N) is 3. The van der Waals surface area contributed by atoms with Crippen molar-refractivity contribution >= 4 is 28.9 Å². The molecule has 0 radical (unpaired) electrons. The van der Waals surface area contributed by atoms with Gasteiger partial charge in [0, 0.05) is 28.4 Å². The number of carbonyl (C=O) groups is 1. The molecule has 0 aliphatic heterocycles. The van der Waals surface area contributed by atoms with Crippen molar-refractivity contribution in [3.05, 3.63) is 69.7 Å². The summed E-state index contributed by atoms with van der Waals surface area (Å²) in [5, 5.41) is 10.7. The third-order valence-electron chi connectivity index (χ3n) is 5.19. The van der Waals surface area contributed by atoms with E-state index in [1.54, 1.807) is 11.3 Å². The predicted octanol–water partition coefficient (Wildman–Crippen LogP) is 5.83. The summed E-state index contributed by atoms with van der Waals surface area (Å²) >= 11 is 3.02. The molecular formula is C24H25N3O3S2. The second-order valence-electron chi connectivity index (χ2n) is 7.28. The molecule has 3 heterocycles. The highest BCUT2D eigenvalue weighted by Gasteiger charge is 2.18. The summed E-state index contributed by atoms with van der Waals surface area (Å²) < 4.78 is 13.6. The highest BCUT2D eigenvalue weighted by atomic mass is 32.2. The van der Waals surface area contributed by atoms with Crippen LogP contribution >= 0.6 is 23.1 Å². The highest BCUT2D eigenvalue weighted by Crippen LogP contribution is 2.31. The molecule has 0 unspecified atom stereocenters. The van der Waals surface area contributed by atoms with Crippen LogP contribution in [0.1, 0.15) is 33.5 Å². The quantitative estimate of drug-likeness (QED) is 0.216. The van der Waals surface area contributed by atoms with Crippen LogP contribution in [0.15, 0.2) is 57.5 Å². The molecule has 3 aromatic heterocycles. The van der Waals surface area contributed by atoms with Gasteiger partial charge in [0.15, 0.2) is 5.78 Å². The molecule has 0 bridgehead atoms. The minimum Gasteiger partial charge on any atom is -0.493 e. The van der Waals surface area contributed by atoms with Gasteiger partial charge in [-0.05, 0) is 56.8 Å². The van der Waals surface area contributed by atoms with E-state index in [9.17, 15) is 4.79 Å². The molecule has 0 N–H and O–H groups in total. The number of rotatable bonds is 10. The first-order chi connectivity index (χ1) is 15.6. The van der Waals surface area contributed by atoms with E-state index in [0.29, 0.717) is 23.5 Å². The first-order valence-electron chi connectivity index (χ1n) is 10.5. The van der Waals surface area contributed by atoms with Gasteiger partial charge in [-0.25, -0.2) is 0 Å². The number of benzene rings is 1. The molecule has 4 aromatic rings. The number of Topliss-reactive ketones (excluding diaryl/α,β-unsaturated/α-hetero) is 1. The van der Waals surface area contributed by atoms with Gasteiger partial charge in [0.1, 0.15) is 5.75 Å². The van der Waals surface area contributed by atoms with Crippen molar-refractivity contribution in [1.82, 2.24) is 14.8 Å². The molecule has 4 rings (SSSR count). The number of aryl methyl sites for hydroxylation is 2. The van der Waals surface area contributed by atoms with E-state index in [0.717, 1.165) is 35.5 Å². The lowest BCUT2D eigenvalue weighted by atomic mass is 10.2. The van der Waals surface area contributed by atoms with E-state index >= 15 is 0 Å². The number of hydrogen-bond donors (Lipinski definition) is 0. The first-order valence-corrected chi connectivity index (χ1v) is 12.3. The Morgan fingerprint density at radius 2 is 2.03 bits per heavy atom. The Morgan fingerprint density at radius 3 is 2.81 bits per heavy atom. The summed E-state index contributed by atoms with van der Waals surface area (Å²) in [4.78, 5) is 14.3. The Morgan fingerprint density at radius 1 is 1.19 bits per heavy atom. The monoisotopic (exact) mass is 467 g/mol. The van der Waals surface area contributed by atoms with E-state index in [4.69, 9.17) is 9.15 Å². The van der Waals surface area contributed by atoms with E-state index in [2.05, 4.69) is 32.3 Å². The van der Waals surface area contributed by atoms with Crippen molar-refractivity contribution < 1.29 is 13.9 Å². The van der Waals surface area contributed by atoms with Crippen LogP contribution in [0.2, 0.25) is 0 Å².